The summed E-state index contributed by atoms with van der Waals surface area (Å²) in [5.41, 5.74) is 5.07. The number of hydrogen-bond acceptors (Lipinski definition) is 4. The van der Waals surface area contributed by atoms with E-state index >= 15 is 0 Å². The van der Waals surface area contributed by atoms with E-state index in [0.717, 1.165) is 6.42 Å². The summed E-state index contributed by atoms with van der Waals surface area (Å²) >= 11 is 0. The van der Waals surface area contributed by atoms with E-state index in [9.17, 15) is 8.42 Å². The van der Waals surface area contributed by atoms with Gasteiger partial charge in [-0.1, -0.05) is 13.3 Å². The number of hydrogen-bond donors (Lipinski definition) is 1. The van der Waals surface area contributed by atoms with Gasteiger partial charge >= 0.3 is 0 Å². The van der Waals surface area contributed by atoms with Crippen molar-refractivity contribution in [2.24, 2.45) is 5.73 Å². The summed E-state index contributed by atoms with van der Waals surface area (Å²) in [5.74, 6) is 0.101. The summed E-state index contributed by atoms with van der Waals surface area (Å²) in [6.45, 7) is 2.26. The minimum absolute atomic E-state index is 0.0893. The first kappa shape index (κ1) is 10.9. The maximum atomic E-state index is 10.9. The second kappa shape index (κ2) is 5.51. The summed E-state index contributed by atoms with van der Waals surface area (Å²) in [6, 6.07) is 0. The Morgan fingerprint density at radius 2 is 2.09 bits per heavy atom. The van der Waals surface area contributed by atoms with Crippen LogP contribution in [0.3, 0.4) is 0 Å². The Kier molecular flexibility index (Phi) is 5.45. The lowest BCUT2D eigenvalue weighted by atomic mass is 10.4. The normalized spacial score (nSPS) is 11.8. The Hall–Kier alpha value is -0.130. The fourth-order valence-electron chi connectivity index (χ4n) is 0.555. The van der Waals surface area contributed by atoms with Gasteiger partial charge < -0.3 is 5.73 Å². The molecule has 68 valence electrons. The smallest absolute Gasteiger partial charge is 0.267 e. The fourth-order valence-corrected chi connectivity index (χ4v) is 1.67. The summed E-state index contributed by atoms with van der Waals surface area (Å²) in [4.78, 5) is 0. The molecule has 0 aliphatic rings. The molecule has 0 aromatic rings. The zero-order valence-electron chi connectivity index (χ0n) is 6.75. The predicted octanol–water partition coefficient (Wildman–Crippen LogP) is 0.0916. The van der Waals surface area contributed by atoms with Crippen molar-refractivity contribution >= 4 is 10.1 Å². The van der Waals surface area contributed by atoms with E-state index in [1.807, 2.05) is 6.92 Å². The third kappa shape index (κ3) is 6.28. The minimum Gasteiger partial charge on any atom is -0.328 e. The predicted molar refractivity (Wildman–Crippen MR) is 43.7 cm³/mol. The molecule has 0 aliphatic heterocycles. The van der Waals surface area contributed by atoms with Crippen molar-refractivity contribution in [2.45, 2.75) is 19.8 Å². The van der Waals surface area contributed by atoms with E-state index in [1.54, 1.807) is 0 Å². The van der Waals surface area contributed by atoms with E-state index < -0.39 is 10.1 Å². The van der Waals surface area contributed by atoms with Gasteiger partial charge in [-0.2, -0.15) is 8.42 Å². The maximum Gasteiger partial charge on any atom is 0.267 e. The van der Waals surface area contributed by atoms with Crippen LogP contribution < -0.4 is 5.73 Å². The third-order valence-corrected chi connectivity index (χ3v) is 2.44. The molecule has 0 unspecified atom stereocenters. The van der Waals surface area contributed by atoms with Gasteiger partial charge in [0.1, 0.15) is 0 Å². The van der Waals surface area contributed by atoms with Gasteiger partial charge in [-0.05, 0) is 6.42 Å². The average Bonchev–Trinajstić information content (AvgIpc) is 1.97. The molecule has 0 rings (SSSR count). The first-order chi connectivity index (χ1) is 5.12. The molecule has 11 heavy (non-hydrogen) atoms. The summed E-state index contributed by atoms with van der Waals surface area (Å²) in [6.07, 6.45) is 1.50. The molecule has 5 heteroatoms. The monoisotopic (exact) mass is 181 g/mol. The molecule has 0 radical (unpaired) electrons. The van der Waals surface area contributed by atoms with Gasteiger partial charge in [0, 0.05) is 6.54 Å². The lowest BCUT2D eigenvalue weighted by Crippen LogP contribution is -2.16. The van der Waals surface area contributed by atoms with Crippen LogP contribution in [0.4, 0.5) is 0 Å². The second-order valence-electron chi connectivity index (χ2n) is 2.23. The van der Waals surface area contributed by atoms with Crippen LogP contribution in [-0.2, 0) is 14.3 Å². The summed E-state index contributed by atoms with van der Waals surface area (Å²) in [7, 11) is -3.29. The van der Waals surface area contributed by atoms with E-state index in [1.165, 1.54) is 0 Å². The van der Waals surface area contributed by atoms with Crippen molar-refractivity contribution in [3.8, 4) is 0 Å². The molecule has 0 spiro atoms. The van der Waals surface area contributed by atoms with E-state index in [4.69, 9.17) is 5.73 Å². The highest BCUT2D eigenvalue weighted by molar-refractivity contribution is 7.86. The van der Waals surface area contributed by atoms with Gasteiger partial charge in [0.2, 0.25) is 0 Å². The molecule has 0 atom stereocenters. The second-order valence-corrected chi connectivity index (χ2v) is 3.99. The van der Waals surface area contributed by atoms with Crippen molar-refractivity contribution in [3.63, 3.8) is 0 Å². The van der Waals surface area contributed by atoms with Crippen LogP contribution in [0.15, 0.2) is 0 Å². The molecule has 0 saturated heterocycles. The molecule has 4 nitrogen and oxygen atoms in total. The molecule has 2 N–H and O–H groups in total. The van der Waals surface area contributed by atoms with Crippen LogP contribution in [0.5, 0.6) is 0 Å². The highest BCUT2D eigenvalue weighted by Gasteiger charge is 2.08. The molecule has 0 amide bonds. The number of nitrogens with two attached hydrogens (primary N) is 1. The highest BCUT2D eigenvalue weighted by atomic mass is 32.2. The molecule has 0 aromatic heterocycles. The van der Waals surface area contributed by atoms with Crippen molar-refractivity contribution in [1.29, 1.82) is 0 Å². The molecule has 0 heterocycles. The first-order valence-electron chi connectivity index (χ1n) is 3.69. The summed E-state index contributed by atoms with van der Waals surface area (Å²) < 4.78 is 26.3. The quantitative estimate of drug-likeness (QED) is 0.590. The lowest BCUT2D eigenvalue weighted by molar-refractivity contribution is 0.327. The Bertz CT molecular complexity index is 162. The summed E-state index contributed by atoms with van der Waals surface area (Å²) in [5, 5.41) is 0. The molecular formula is C6H15NO3S. The zero-order valence-corrected chi connectivity index (χ0v) is 7.56. The highest BCUT2D eigenvalue weighted by Crippen LogP contribution is 1.97. The van der Waals surface area contributed by atoms with Crippen LogP contribution in [-0.4, -0.2) is 27.3 Å². The van der Waals surface area contributed by atoms with Gasteiger partial charge in [-0.15, -0.1) is 0 Å². The van der Waals surface area contributed by atoms with Gasteiger partial charge in [0.15, 0.2) is 0 Å². The standard InChI is InChI=1S/C6H15NO3S/c1-2-3-6-11(8,9)10-5-4-7/h2-7H2,1H3. The maximum absolute atomic E-state index is 10.9. The van der Waals surface area contributed by atoms with Crippen molar-refractivity contribution < 1.29 is 12.6 Å². The fraction of sp³-hybridized carbons (Fsp3) is 1.00. The van der Waals surface area contributed by atoms with E-state index in [-0.39, 0.29) is 18.9 Å². The first-order valence-corrected chi connectivity index (χ1v) is 5.27. The largest absolute Gasteiger partial charge is 0.328 e. The van der Waals surface area contributed by atoms with Crippen LogP contribution in [0.25, 0.3) is 0 Å². The SMILES string of the molecule is CCCCS(=O)(=O)OCCN. The van der Waals surface area contributed by atoms with Gasteiger partial charge in [-0.3, -0.25) is 4.18 Å². The van der Waals surface area contributed by atoms with E-state index in [2.05, 4.69) is 4.18 Å². The van der Waals surface area contributed by atoms with Gasteiger partial charge in [0.05, 0.1) is 12.4 Å². The zero-order chi connectivity index (χ0) is 8.74. The molecular weight excluding hydrogens is 166 g/mol. The van der Waals surface area contributed by atoms with E-state index in [0.29, 0.717) is 6.42 Å². The van der Waals surface area contributed by atoms with Gasteiger partial charge in [-0.25, -0.2) is 0 Å². The molecule has 0 aliphatic carbocycles. The van der Waals surface area contributed by atoms with Crippen molar-refractivity contribution in [2.75, 3.05) is 18.9 Å². The minimum atomic E-state index is -3.29. The Morgan fingerprint density at radius 1 is 1.45 bits per heavy atom. The van der Waals surface area contributed by atoms with Crippen LogP contribution in [0, 0.1) is 0 Å². The van der Waals surface area contributed by atoms with Crippen molar-refractivity contribution in [3.05, 3.63) is 0 Å². The van der Waals surface area contributed by atoms with Crippen LogP contribution in [0.2, 0.25) is 0 Å². The number of unbranched alkanes of at least 4 members (excludes halogenated alkanes) is 1. The van der Waals surface area contributed by atoms with Gasteiger partial charge in [0.25, 0.3) is 10.1 Å². The average molecular weight is 181 g/mol. The van der Waals surface area contributed by atoms with Crippen LogP contribution in [0.1, 0.15) is 19.8 Å². The van der Waals surface area contributed by atoms with Crippen molar-refractivity contribution in [1.82, 2.24) is 0 Å². The molecule has 0 fully saturated rings. The lowest BCUT2D eigenvalue weighted by Gasteiger charge is -2.01. The molecule has 0 aromatic carbocycles. The molecule has 0 saturated carbocycles. The topological polar surface area (TPSA) is 69.4 Å². The Labute approximate surface area is 67.9 Å². The Balaban J connectivity index is 3.63. The van der Waals surface area contributed by atoms with Crippen LogP contribution >= 0.6 is 0 Å². The molecule has 0 bridgehead atoms. The number of rotatable bonds is 6. The third-order valence-electron chi connectivity index (χ3n) is 1.13. The Morgan fingerprint density at radius 3 is 2.55 bits per heavy atom.